The fourth-order valence-electron chi connectivity index (χ4n) is 1.23. The topological polar surface area (TPSA) is 69.6 Å². The molecule has 3 atom stereocenters. The molecule has 4 nitrogen and oxygen atoms in total. The monoisotopic (exact) mass is 221 g/mol. The Kier molecular flexibility index (Phi) is 6.96. The molecule has 0 fully saturated rings. The van der Waals surface area contributed by atoms with Gasteiger partial charge in [-0.2, -0.15) is 11.8 Å². The van der Waals surface area contributed by atoms with E-state index in [1.165, 1.54) is 11.8 Å². The zero-order valence-electron chi connectivity index (χ0n) is 8.86. The van der Waals surface area contributed by atoms with Crippen molar-refractivity contribution < 1.29 is 15.0 Å². The lowest BCUT2D eigenvalue weighted by molar-refractivity contribution is -0.139. The number of thioether (sulfide) groups is 1. The van der Waals surface area contributed by atoms with Gasteiger partial charge in [0.15, 0.2) is 0 Å². The van der Waals surface area contributed by atoms with Crippen molar-refractivity contribution in [2.45, 2.75) is 37.6 Å². The zero-order chi connectivity index (χ0) is 11.1. The van der Waals surface area contributed by atoms with Gasteiger partial charge in [-0.25, -0.2) is 0 Å². The fraction of sp³-hybridized carbons (Fsp3) is 0.889. The van der Waals surface area contributed by atoms with Gasteiger partial charge in [0.2, 0.25) is 0 Å². The van der Waals surface area contributed by atoms with Crippen molar-refractivity contribution in [2.75, 3.05) is 12.9 Å². The normalized spacial score (nSPS) is 17.4. The van der Waals surface area contributed by atoms with E-state index in [9.17, 15) is 4.79 Å². The molecule has 0 saturated heterocycles. The van der Waals surface area contributed by atoms with Crippen LogP contribution in [0.3, 0.4) is 0 Å². The average Bonchev–Trinajstić information content (AvgIpc) is 2.15. The van der Waals surface area contributed by atoms with E-state index in [0.29, 0.717) is 6.42 Å². The second-order valence-electron chi connectivity index (χ2n) is 3.21. The first-order valence-corrected chi connectivity index (χ1v) is 5.98. The maximum atomic E-state index is 10.7. The maximum Gasteiger partial charge on any atom is 0.320 e. The number of hydrogen-bond donors (Lipinski definition) is 3. The number of aliphatic hydroxyl groups is 1. The minimum atomic E-state index is -0.836. The lowest BCUT2D eigenvalue weighted by Crippen LogP contribution is -2.46. The maximum absolute atomic E-state index is 10.7. The number of hydrogen-bond acceptors (Lipinski definition) is 4. The van der Waals surface area contributed by atoms with Gasteiger partial charge in [0.25, 0.3) is 0 Å². The van der Waals surface area contributed by atoms with E-state index < -0.39 is 12.0 Å². The van der Waals surface area contributed by atoms with Crippen LogP contribution in [0.25, 0.3) is 0 Å². The van der Waals surface area contributed by atoms with Crippen molar-refractivity contribution in [3.8, 4) is 0 Å². The summed E-state index contributed by atoms with van der Waals surface area (Å²) in [7, 11) is 0. The van der Waals surface area contributed by atoms with E-state index >= 15 is 0 Å². The molecule has 84 valence electrons. The highest BCUT2D eigenvalue weighted by Crippen LogP contribution is 2.11. The Labute approximate surface area is 89.1 Å². The van der Waals surface area contributed by atoms with Gasteiger partial charge in [-0.05, 0) is 19.6 Å². The molecule has 0 spiro atoms. The molecule has 0 amide bonds. The Hall–Kier alpha value is -0.260. The number of rotatable bonds is 7. The van der Waals surface area contributed by atoms with Crippen LogP contribution in [0.4, 0.5) is 0 Å². The van der Waals surface area contributed by atoms with Gasteiger partial charge in [0.05, 0.1) is 6.61 Å². The Morgan fingerprint density at radius 3 is 2.43 bits per heavy atom. The summed E-state index contributed by atoms with van der Waals surface area (Å²) >= 11 is 1.54. The fourth-order valence-corrected chi connectivity index (χ4v) is 1.86. The van der Waals surface area contributed by atoms with Crippen LogP contribution >= 0.6 is 11.8 Å². The smallest absolute Gasteiger partial charge is 0.320 e. The molecule has 0 aromatic heterocycles. The largest absolute Gasteiger partial charge is 0.480 e. The first-order valence-electron chi connectivity index (χ1n) is 4.69. The van der Waals surface area contributed by atoms with E-state index in [2.05, 4.69) is 5.32 Å². The van der Waals surface area contributed by atoms with E-state index in [1.54, 1.807) is 0 Å². The van der Waals surface area contributed by atoms with Gasteiger partial charge >= 0.3 is 5.97 Å². The van der Waals surface area contributed by atoms with Crippen molar-refractivity contribution in [1.82, 2.24) is 5.32 Å². The first kappa shape index (κ1) is 13.7. The summed E-state index contributed by atoms with van der Waals surface area (Å²) in [6.45, 7) is 3.78. The molecule has 0 saturated carbocycles. The van der Waals surface area contributed by atoms with Gasteiger partial charge in [0, 0.05) is 11.3 Å². The predicted octanol–water partition coefficient (Wildman–Crippen LogP) is 0.552. The van der Waals surface area contributed by atoms with Gasteiger partial charge in [-0.15, -0.1) is 0 Å². The summed E-state index contributed by atoms with van der Waals surface area (Å²) in [6.07, 6.45) is 2.45. The first-order chi connectivity index (χ1) is 6.56. The van der Waals surface area contributed by atoms with Crippen LogP contribution in [0, 0.1) is 0 Å². The van der Waals surface area contributed by atoms with Crippen LogP contribution in [0.1, 0.15) is 20.3 Å². The summed E-state index contributed by atoms with van der Waals surface area (Å²) in [6, 6.07) is -0.526. The quantitative estimate of drug-likeness (QED) is 0.586. The van der Waals surface area contributed by atoms with Crippen molar-refractivity contribution >= 4 is 17.7 Å². The Balaban J connectivity index is 4.12. The minimum Gasteiger partial charge on any atom is -0.480 e. The molecule has 0 aliphatic rings. The minimum absolute atomic E-state index is 0.00366. The van der Waals surface area contributed by atoms with Crippen LogP contribution in [0.2, 0.25) is 0 Å². The molecule has 0 aromatic carbocycles. The van der Waals surface area contributed by atoms with Crippen LogP contribution in [0.5, 0.6) is 0 Å². The molecule has 5 heteroatoms. The highest BCUT2D eigenvalue weighted by atomic mass is 32.2. The van der Waals surface area contributed by atoms with Gasteiger partial charge in [-0.3, -0.25) is 4.79 Å². The Morgan fingerprint density at radius 2 is 2.14 bits per heavy atom. The standard InChI is InChI=1S/C9H19NO3S/c1-4-7(9(12)13)10-6(2)8(5-11)14-3/h6-8,10-11H,4-5H2,1-3H3,(H,12,13). The lowest BCUT2D eigenvalue weighted by Gasteiger charge is -2.24. The molecule has 0 bridgehead atoms. The van der Waals surface area contributed by atoms with Crippen molar-refractivity contribution in [3.63, 3.8) is 0 Å². The molecule has 3 unspecified atom stereocenters. The van der Waals surface area contributed by atoms with E-state index in [1.807, 2.05) is 20.1 Å². The molecule has 0 rings (SSSR count). The third kappa shape index (κ3) is 4.30. The molecule has 0 aliphatic carbocycles. The van der Waals surface area contributed by atoms with Crippen LogP contribution in [-0.2, 0) is 4.79 Å². The molecule has 0 aliphatic heterocycles. The molecule has 0 radical (unpaired) electrons. The van der Waals surface area contributed by atoms with Crippen LogP contribution < -0.4 is 5.32 Å². The summed E-state index contributed by atoms with van der Waals surface area (Å²) in [4.78, 5) is 10.7. The third-order valence-corrected chi connectivity index (χ3v) is 3.37. The second-order valence-corrected chi connectivity index (χ2v) is 4.29. The molecular weight excluding hydrogens is 202 g/mol. The number of carbonyl (C=O) groups is 1. The van der Waals surface area contributed by atoms with E-state index in [0.717, 1.165) is 0 Å². The third-order valence-electron chi connectivity index (χ3n) is 2.21. The van der Waals surface area contributed by atoms with E-state index in [4.69, 9.17) is 10.2 Å². The second kappa shape index (κ2) is 7.09. The predicted molar refractivity (Wildman–Crippen MR) is 58.7 cm³/mol. The zero-order valence-corrected chi connectivity index (χ0v) is 9.67. The highest BCUT2D eigenvalue weighted by Gasteiger charge is 2.21. The summed E-state index contributed by atoms with van der Waals surface area (Å²) < 4.78 is 0. The summed E-state index contributed by atoms with van der Waals surface area (Å²) in [5, 5.41) is 20.9. The molecular formula is C9H19NO3S. The number of carboxylic acids is 1. The highest BCUT2D eigenvalue weighted by molar-refractivity contribution is 7.99. The number of aliphatic hydroxyl groups excluding tert-OH is 1. The molecule has 0 aromatic rings. The molecule has 14 heavy (non-hydrogen) atoms. The average molecular weight is 221 g/mol. The number of nitrogens with one attached hydrogen (secondary N) is 1. The Morgan fingerprint density at radius 1 is 1.57 bits per heavy atom. The molecule has 0 heterocycles. The summed E-state index contributed by atoms with van der Waals surface area (Å²) in [5.41, 5.74) is 0. The van der Waals surface area contributed by atoms with Gasteiger partial charge < -0.3 is 15.5 Å². The summed E-state index contributed by atoms with van der Waals surface area (Å²) in [5.74, 6) is -0.836. The van der Waals surface area contributed by atoms with Gasteiger partial charge in [-0.1, -0.05) is 6.92 Å². The van der Waals surface area contributed by atoms with Crippen molar-refractivity contribution in [2.24, 2.45) is 0 Å². The van der Waals surface area contributed by atoms with E-state index in [-0.39, 0.29) is 17.9 Å². The number of carboxylic acid groups (broad SMARTS) is 1. The SMILES string of the molecule is CCC(NC(C)C(CO)SC)C(=O)O. The Bertz CT molecular complexity index is 173. The lowest BCUT2D eigenvalue weighted by atomic mass is 10.1. The van der Waals surface area contributed by atoms with Gasteiger partial charge in [0.1, 0.15) is 6.04 Å². The van der Waals surface area contributed by atoms with Crippen LogP contribution in [-0.4, -0.2) is 46.4 Å². The van der Waals surface area contributed by atoms with Crippen LogP contribution in [0.15, 0.2) is 0 Å². The van der Waals surface area contributed by atoms with Crippen molar-refractivity contribution in [3.05, 3.63) is 0 Å². The number of aliphatic carboxylic acids is 1. The van der Waals surface area contributed by atoms with Crippen molar-refractivity contribution in [1.29, 1.82) is 0 Å². The molecule has 3 N–H and O–H groups in total.